The second-order valence-corrected chi connectivity index (χ2v) is 7.38. The van der Waals surface area contributed by atoms with E-state index in [2.05, 4.69) is 0 Å². The van der Waals surface area contributed by atoms with Crippen LogP contribution < -0.4 is 11.2 Å². The lowest BCUT2D eigenvalue weighted by molar-refractivity contribution is 0.579. The van der Waals surface area contributed by atoms with Crippen LogP contribution in [0.4, 0.5) is 0 Å². The Balaban J connectivity index is 2.02. The van der Waals surface area contributed by atoms with Gasteiger partial charge in [-0.05, 0) is 17.2 Å². The number of nitrogens with zero attached hydrogens (tertiary/aromatic N) is 2. The molecule has 2 heterocycles. The minimum atomic E-state index is -1.44. The molecule has 1 atom stereocenters. The monoisotopic (exact) mass is 364 g/mol. The number of rotatable bonds is 3. The van der Waals surface area contributed by atoms with Crippen molar-refractivity contribution in [3.63, 3.8) is 0 Å². The molecule has 4 rings (SSSR count). The summed E-state index contributed by atoms with van der Waals surface area (Å²) < 4.78 is 15.1. The summed E-state index contributed by atoms with van der Waals surface area (Å²) in [5, 5.41) is 0.276. The summed E-state index contributed by atoms with van der Waals surface area (Å²) in [6.07, 6.45) is 3.29. The van der Waals surface area contributed by atoms with Crippen molar-refractivity contribution in [3.8, 4) is 11.1 Å². The minimum absolute atomic E-state index is 0.166. The van der Waals surface area contributed by atoms with Gasteiger partial charge in [-0.3, -0.25) is 9.36 Å². The molecule has 130 valence electrons. The van der Waals surface area contributed by atoms with E-state index in [0.29, 0.717) is 16.9 Å². The summed E-state index contributed by atoms with van der Waals surface area (Å²) >= 11 is -1.44. The van der Waals surface area contributed by atoms with Crippen LogP contribution in [0, 0.1) is 0 Å². The van der Waals surface area contributed by atoms with E-state index in [-0.39, 0.29) is 11.6 Å². The Morgan fingerprint density at radius 2 is 1.62 bits per heavy atom. The second kappa shape index (κ2) is 6.82. The molecule has 0 saturated carbocycles. The van der Waals surface area contributed by atoms with Crippen molar-refractivity contribution in [1.29, 1.82) is 0 Å². The smallest absolute Gasteiger partial charge is 0.339 e. The molecule has 26 heavy (non-hydrogen) atoms. The Morgan fingerprint density at radius 3 is 2.31 bits per heavy atom. The van der Waals surface area contributed by atoms with Gasteiger partial charge in [0, 0.05) is 17.4 Å². The van der Waals surface area contributed by atoms with Crippen LogP contribution >= 0.6 is 0 Å². The maximum absolute atomic E-state index is 13.2. The van der Waals surface area contributed by atoms with Crippen molar-refractivity contribution in [2.75, 3.05) is 5.75 Å². The van der Waals surface area contributed by atoms with E-state index in [1.807, 2.05) is 48.5 Å². The van der Waals surface area contributed by atoms with Gasteiger partial charge >= 0.3 is 5.69 Å². The van der Waals surface area contributed by atoms with E-state index < -0.39 is 22.4 Å². The summed E-state index contributed by atoms with van der Waals surface area (Å²) in [5.74, 6) is 0.293. The highest BCUT2D eigenvalue weighted by Crippen LogP contribution is 2.26. The van der Waals surface area contributed by atoms with Gasteiger partial charge in [0.2, 0.25) is 5.03 Å². The topological polar surface area (TPSA) is 67.1 Å². The Hall–Kier alpha value is -2.83. The Labute approximate surface area is 153 Å². The summed E-state index contributed by atoms with van der Waals surface area (Å²) in [6, 6.07) is 18.4. The third-order valence-electron chi connectivity index (χ3n) is 4.29. The van der Waals surface area contributed by atoms with Crippen LogP contribution in [0.2, 0.25) is 0 Å². The highest BCUT2D eigenvalue weighted by Gasteiger charge is 2.29. The maximum atomic E-state index is 13.2. The zero-order valence-electron chi connectivity index (χ0n) is 13.9. The van der Waals surface area contributed by atoms with Gasteiger partial charge in [-0.25, -0.2) is 9.36 Å². The van der Waals surface area contributed by atoms with Crippen molar-refractivity contribution < 1.29 is 4.55 Å². The van der Waals surface area contributed by atoms with Gasteiger partial charge in [-0.2, -0.15) is 0 Å². The fraction of sp³-hybridized carbons (Fsp3) is 0.100. The predicted octanol–water partition coefficient (Wildman–Crippen LogP) is 2.32. The van der Waals surface area contributed by atoms with Gasteiger partial charge < -0.3 is 4.55 Å². The zero-order chi connectivity index (χ0) is 18.1. The van der Waals surface area contributed by atoms with Crippen LogP contribution in [0.25, 0.3) is 17.3 Å². The largest absolute Gasteiger partial charge is 0.610 e. The van der Waals surface area contributed by atoms with Crippen molar-refractivity contribution in [2.45, 2.75) is 11.6 Å². The van der Waals surface area contributed by atoms with E-state index in [1.165, 1.54) is 9.13 Å². The van der Waals surface area contributed by atoms with E-state index in [4.69, 9.17) is 0 Å². The molecule has 0 saturated heterocycles. The number of hydrogen-bond acceptors (Lipinski definition) is 3. The molecule has 0 N–H and O–H groups in total. The molecule has 0 radical (unpaired) electrons. The molecule has 0 fully saturated rings. The quantitative estimate of drug-likeness (QED) is 0.529. The molecule has 1 unspecified atom stereocenters. The first-order chi connectivity index (χ1) is 12.7. The third-order valence-corrected chi connectivity index (χ3v) is 5.62. The van der Waals surface area contributed by atoms with E-state index in [1.54, 1.807) is 24.4 Å². The molecule has 2 aromatic carbocycles. The first-order valence-electron chi connectivity index (χ1n) is 8.20. The average molecular weight is 364 g/mol. The fourth-order valence-electron chi connectivity index (χ4n) is 3.08. The number of benzene rings is 2. The standard InChI is InChI=1S/C20H16N2O3S/c23-18-17(16-10-5-2-6-11-16)19-21(12-7-13-26(19)25)20(24)22(18)14-15-8-3-1-4-9-15/h1-12H,13-14H2. The maximum Gasteiger partial charge on any atom is 0.339 e. The van der Waals surface area contributed by atoms with Crippen LogP contribution in [0.5, 0.6) is 0 Å². The van der Waals surface area contributed by atoms with E-state index in [9.17, 15) is 14.1 Å². The first kappa shape index (κ1) is 16.6. The van der Waals surface area contributed by atoms with Crippen molar-refractivity contribution in [2.24, 2.45) is 0 Å². The molecule has 6 heteroatoms. The molecule has 0 amide bonds. The number of aromatic nitrogens is 2. The Bertz CT molecular complexity index is 1090. The lowest BCUT2D eigenvalue weighted by Crippen LogP contribution is -2.43. The second-order valence-electron chi connectivity index (χ2n) is 5.97. The van der Waals surface area contributed by atoms with E-state index in [0.717, 1.165) is 5.56 Å². The molecule has 3 aromatic rings. The van der Waals surface area contributed by atoms with Crippen LogP contribution in [0.1, 0.15) is 5.56 Å². The lowest BCUT2D eigenvalue weighted by atomic mass is 10.1. The summed E-state index contributed by atoms with van der Waals surface area (Å²) in [6.45, 7) is 0.166. The Kier molecular flexibility index (Phi) is 4.36. The van der Waals surface area contributed by atoms with Gasteiger partial charge in [-0.1, -0.05) is 60.7 Å². The Morgan fingerprint density at radius 1 is 0.962 bits per heavy atom. The molecular formula is C20H16N2O3S. The number of fused-ring (bicyclic) bond motifs is 1. The summed E-state index contributed by atoms with van der Waals surface area (Å²) in [7, 11) is 0. The highest BCUT2D eigenvalue weighted by atomic mass is 32.2. The van der Waals surface area contributed by atoms with Crippen molar-refractivity contribution in [3.05, 3.63) is 93.1 Å². The molecule has 0 aliphatic carbocycles. The molecular weight excluding hydrogens is 348 g/mol. The van der Waals surface area contributed by atoms with Gasteiger partial charge in [-0.15, -0.1) is 0 Å². The van der Waals surface area contributed by atoms with Crippen LogP contribution in [0.15, 0.2) is 81.4 Å². The van der Waals surface area contributed by atoms with Crippen molar-refractivity contribution in [1.82, 2.24) is 9.13 Å². The van der Waals surface area contributed by atoms with Crippen LogP contribution in [-0.2, 0) is 17.7 Å². The van der Waals surface area contributed by atoms with Gasteiger partial charge in [0.05, 0.1) is 6.54 Å². The van der Waals surface area contributed by atoms with Gasteiger partial charge in [0.15, 0.2) is 0 Å². The van der Waals surface area contributed by atoms with Gasteiger partial charge in [0.1, 0.15) is 11.3 Å². The number of hydrogen-bond donors (Lipinski definition) is 0. The average Bonchev–Trinajstić information content (AvgIpc) is 2.68. The van der Waals surface area contributed by atoms with Crippen molar-refractivity contribution >= 4 is 17.4 Å². The van der Waals surface area contributed by atoms with E-state index >= 15 is 0 Å². The molecule has 1 aliphatic heterocycles. The minimum Gasteiger partial charge on any atom is -0.610 e. The summed E-state index contributed by atoms with van der Waals surface area (Å²) in [5.41, 5.74) is 0.945. The molecule has 5 nitrogen and oxygen atoms in total. The molecule has 1 aromatic heterocycles. The van der Waals surface area contributed by atoms with Crippen LogP contribution in [0.3, 0.4) is 0 Å². The molecule has 0 spiro atoms. The highest BCUT2D eigenvalue weighted by molar-refractivity contribution is 7.91. The predicted molar refractivity (Wildman–Crippen MR) is 103 cm³/mol. The third kappa shape index (κ3) is 2.83. The molecule has 0 bridgehead atoms. The lowest BCUT2D eigenvalue weighted by Gasteiger charge is -2.21. The zero-order valence-corrected chi connectivity index (χ0v) is 14.7. The fourth-order valence-corrected chi connectivity index (χ4v) is 4.29. The van der Waals surface area contributed by atoms with Crippen LogP contribution in [-0.4, -0.2) is 19.4 Å². The first-order valence-corrected chi connectivity index (χ1v) is 9.52. The summed E-state index contributed by atoms with van der Waals surface area (Å²) in [4.78, 5) is 26.1. The normalized spacial score (nSPS) is 15.7. The SMILES string of the molecule is O=c1c(-c2ccccc2)c2n(c(=O)n1Cc1ccccc1)C=CC[S+]2[O-]. The van der Waals surface area contributed by atoms with Gasteiger partial charge in [0.25, 0.3) is 5.56 Å². The molecule has 1 aliphatic rings.